The lowest BCUT2D eigenvalue weighted by molar-refractivity contribution is -0.640. The van der Waals surface area contributed by atoms with Crippen LogP contribution < -0.4 is 0 Å². The molecule has 26 heavy (non-hydrogen) atoms. The van der Waals surface area contributed by atoms with Crippen LogP contribution in [-0.2, 0) is 10.3 Å². The summed E-state index contributed by atoms with van der Waals surface area (Å²) >= 11 is 0. The molecule has 1 fully saturated rings. The summed E-state index contributed by atoms with van der Waals surface area (Å²) in [7, 11) is 0. The van der Waals surface area contributed by atoms with Crippen molar-refractivity contribution in [3.05, 3.63) is 49.8 Å². The highest BCUT2D eigenvalue weighted by atomic mass is 16.6. The Labute approximate surface area is 148 Å². The number of piperidine rings is 1. The van der Waals surface area contributed by atoms with Crippen LogP contribution in [0.1, 0.15) is 36.3 Å². The molecule has 0 aromatic carbocycles. The first-order valence-electron chi connectivity index (χ1n) is 8.22. The number of rotatable bonds is 5. The average molecular weight is 362 g/mol. The topological polar surface area (TPSA) is 137 Å². The molecule has 2 bridgehead atoms. The van der Waals surface area contributed by atoms with E-state index < -0.39 is 44.8 Å². The predicted molar refractivity (Wildman–Crippen MR) is 87.9 cm³/mol. The van der Waals surface area contributed by atoms with Crippen LogP contribution in [0.5, 0.6) is 0 Å². The summed E-state index contributed by atoms with van der Waals surface area (Å²) in [6, 6.07) is 2.88. The van der Waals surface area contributed by atoms with Crippen molar-refractivity contribution in [3.63, 3.8) is 0 Å². The third-order valence-corrected chi connectivity index (χ3v) is 5.56. The molecule has 2 heterocycles. The fourth-order valence-corrected chi connectivity index (χ4v) is 4.40. The predicted octanol–water partition coefficient (Wildman–Crippen LogP) is 0.696. The van der Waals surface area contributed by atoms with Gasteiger partial charge in [0.1, 0.15) is 17.4 Å². The Balaban J connectivity index is 2.43. The van der Waals surface area contributed by atoms with E-state index in [2.05, 4.69) is 4.98 Å². The van der Waals surface area contributed by atoms with Gasteiger partial charge in [-0.15, -0.1) is 0 Å². The van der Waals surface area contributed by atoms with E-state index in [0.717, 1.165) is 0 Å². The van der Waals surface area contributed by atoms with Gasteiger partial charge in [0.2, 0.25) is 0 Å². The summed E-state index contributed by atoms with van der Waals surface area (Å²) in [6.45, 7) is 2.85. The second-order valence-corrected chi connectivity index (χ2v) is 6.85. The molecule has 0 radical (unpaired) electrons. The van der Waals surface area contributed by atoms with Gasteiger partial charge in [0, 0.05) is 22.5 Å². The first kappa shape index (κ1) is 18.1. The minimum absolute atomic E-state index is 0.0527. The highest BCUT2D eigenvalue weighted by Gasteiger charge is 2.77. The number of ketones is 2. The van der Waals surface area contributed by atoms with Gasteiger partial charge in [0.25, 0.3) is 11.3 Å². The molecule has 2 aliphatic rings. The Bertz CT molecular complexity index is 827. The van der Waals surface area contributed by atoms with E-state index in [1.165, 1.54) is 30.2 Å². The molecule has 1 aliphatic heterocycles. The monoisotopic (exact) mass is 362 g/mol. The van der Waals surface area contributed by atoms with Crippen molar-refractivity contribution >= 4 is 11.6 Å². The molecular weight excluding hydrogens is 344 g/mol. The summed E-state index contributed by atoms with van der Waals surface area (Å²) < 4.78 is 0. The number of likely N-dealkylation sites (N-methyl/N-ethyl adjacent to an activating group) is 1. The van der Waals surface area contributed by atoms with Crippen LogP contribution in [-0.4, -0.2) is 56.5 Å². The maximum Gasteiger partial charge on any atom is 0.308 e. The summed E-state index contributed by atoms with van der Waals surface area (Å²) in [5, 5.41) is 24.4. The quantitative estimate of drug-likeness (QED) is 0.551. The van der Waals surface area contributed by atoms with E-state index in [4.69, 9.17) is 0 Å². The van der Waals surface area contributed by atoms with E-state index >= 15 is 0 Å². The normalized spacial score (nSPS) is 30.5. The van der Waals surface area contributed by atoms with Crippen molar-refractivity contribution in [2.45, 2.75) is 31.3 Å². The highest BCUT2D eigenvalue weighted by Crippen LogP contribution is 2.52. The largest absolute Gasteiger partial charge is 0.308 e. The lowest BCUT2D eigenvalue weighted by atomic mass is 9.57. The number of carbonyl (C=O) groups excluding carboxylic acids is 2. The molecule has 3 rings (SSSR count). The van der Waals surface area contributed by atoms with Crippen molar-refractivity contribution in [2.75, 3.05) is 19.6 Å². The Kier molecular flexibility index (Phi) is 4.10. The van der Waals surface area contributed by atoms with Gasteiger partial charge >= 0.3 is 5.54 Å². The van der Waals surface area contributed by atoms with Gasteiger partial charge in [0.05, 0.1) is 18.7 Å². The van der Waals surface area contributed by atoms with Gasteiger partial charge in [-0.2, -0.15) is 0 Å². The SMILES string of the molecule is CCN1CC2([N+](=O)[O-])C(=O)c3ncccc3C([N+](=O)[O-])(C1)C2CC(C)=O. The van der Waals surface area contributed by atoms with Crippen LogP contribution in [0.2, 0.25) is 0 Å². The summed E-state index contributed by atoms with van der Waals surface area (Å²) in [5.74, 6) is -2.66. The fourth-order valence-electron chi connectivity index (χ4n) is 4.40. The van der Waals surface area contributed by atoms with Gasteiger partial charge in [-0.25, -0.2) is 0 Å². The lowest BCUT2D eigenvalue weighted by Crippen LogP contribution is -2.75. The average Bonchev–Trinajstić information content (AvgIpc) is 2.59. The number of pyridine rings is 1. The van der Waals surface area contributed by atoms with Gasteiger partial charge in [-0.1, -0.05) is 6.92 Å². The van der Waals surface area contributed by atoms with E-state index in [0.29, 0.717) is 6.54 Å². The van der Waals surface area contributed by atoms with Gasteiger partial charge in [0.15, 0.2) is 0 Å². The molecule has 10 heteroatoms. The van der Waals surface area contributed by atoms with Gasteiger partial charge in [-0.05, 0) is 25.6 Å². The van der Waals surface area contributed by atoms with Crippen LogP contribution in [0.25, 0.3) is 0 Å². The van der Waals surface area contributed by atoms with E-state index in [-0.39, 0.29) is 24.3 Å². The molecule has 0 saturated carbocycles. The zero-order valence-corrected chi connectivity index (χ0v) is 14.4. The minimum Gasteiger partial charge on any atom is -0.300 e. The molecule has 0 amide bonds. The van der Waals surface area contributed by atoms with E-state index in [1.807, 2.05) is 0 Å². The number of Topliss-reactive ketones (excluding diaryl/α,β-unsaturated/α-hetero) is 2. The number of aromatic nitrogens is 1. The number of hydrogen-bond donors (Lipinski definition) is 0. The fraction of sp³-hybridized carbons (Fsp3) is 0.562. The number of hydrogen-bond acceptors (Lipinski definition) is 8. The van der Waals surface area contributed by atoms with Crippen LogP contribution in [0.4, 0.5) is 0 Å². The smallest absolute Gasteiger partial charge is 0.300 e. The van der Waals surface area contributed by atoms with Crippen molar-refractivity contribution in [3.8, 4) is 0 Å². The Morgan fingerprint density at radius 3 is 2.46 bits per heavy atom. The van der Waals surface area contributed by atoms with E-state index in [9.17, 15) is 29.8 Å². The molecule has 10 nitrogen and oxygen atoms in total. The summed E-state index contributed by atoms with van der Waals surface area (Å²) in [5.41, 5.74) is -4.40. The molecule has 3 atom stereocenters. The van der Waals surface area contributed by atoms with Crippen LogP contribution >= 0.6 is 0 Å². The summed E-state index contributed by atoms with van der Waals surface area (Å²) in [4.78, 5) is 53.6. The van der Waals surface area contributed by atoms with Crippen molar-refractivity contribution < 1.29 is 19.4 Å². The Hall–Kier alpha value is -2.75. The number of fused-ring (bicyclic) bond motifs is 4. The molecule has 1 saturated heterocycles. The third kappa shape index (κ3) is 2.11. The van der Waals surface area contributed by atoms with E-state index in [1.54, 1.807) is 6.92 Å². The maximum absolute atomic E-state index is 13.1. The van der Waals surface area contributed by atoms with Gasteiger partial charge in [-0.3, -0.25) is 34.9 Å². The van der Waals surface area contributed by atoms with Crippen LogP contribution in [0, 0.1) is 26.1 Å². The zero-order valence-electron chi connectivity index (χ0n) is 14.4. The number of carbonyl (C=O) groups is 2. The first-order valence-corrected chi connectivity index (χ1v) is 8.22. The Morgan fingerprint density at radius 1 is 1.31 bits per heavy atom. The minimum atomic E-state index is -2.27. The van der Waals surface area contributed by atoms with Crippen LogP contribution in [0.15, 0.2) is 18.3 Å². The molecular formula is C16H18N4O6. The zero-order chi connectivity index (χ0) is 19.3. The first-order chi connectivity index (χ1) is 12.2. The number of nitrogens with zero attached hydrogens (tertiary/aromatic N) is 4. The lowest BCUT2D eigenvalue weighted by Gasteiger charge is -2.50. The third-order valence-electron chi connectivity index (χ3n) is 5.56. The van der Waals surface area contributed by atoms with Gasteiger partial charge < -0.3 is 4.79 Å². The second kappa shape index (κ2) is 5.90. The molecule has 0 N–H and O–H groups in total. The number of nitro groups is 2. The molecule has 1 aromatic rings. The van der Waals surface area contributed by atoms with Crippen molar-refractivity contribution in [1.29, 1.82) is 0 Å². The molecule has 138 valence electrons. The standard InChI is InChI=1S/C16H18N4O6/c1-3-18-8-15(19(23)24)11-5-4-6-17-13(11)14(22)16(9-18,20(25)26)12(15)7-10(2)21/h4-6,12H,3,7-9H2,1-2H3. The molecule has 3 unspecified atom stereocenters. The summed E-state index contributed by atoms with van der Waals surface area (Å²) in [6.07, 6.45) is 0.871. The second-order valence-electron chi connectivity index (χ2n) is 6.85. The highest BCUT2D eigenvalue weighted by molar-refractivity contribution is 6.04. The molecule has 1 aliphatic carbocycles. The van der Waals surface area contributed by atoms with Crippen LogP contribution in [0.3, 0.4) is 0 Å². The van der Waals surface area contributed by atoms with Crippen molar-refractivity contribution in [1.82, 2.24) is 9.88 Å². The Morgan fingerprint density at radius 2 is 1.92 bits per heavy atom. The number of likely N-dealkylation sites (tertiary alicyclic amines) is 1. The van der Waals surface area contributed by atoms with Crippen molar-refractivity contribution in [2.24, 2.45) is 5.92 Å². The maximum atomic E-state index is 13.1. The molecule has 0 spiro atoms. The molecule has 1 aromatic heterocycles.